The van der Waals surface area contributed by atoms with Gasteiger partial charge < -0.3 is 19.8 Å². The Kier molecular flexibility index (Phi) is 8.04. The van der Waals surface area contributed by atoms with Gasteiger partial charge in [-0.25, -0.2) is 0 Å². The number of ether oxygens (including phenoxy) is 1. The van der Waals surface area contributed by atoms with Crippen molar-refractivity contribution in [3.05, 3.63) is 23.3 Å². The number of amides is 1. The lowest BCUT2D eigenvalue weighted by molar-refractivity contribution is -0.152. The predicted octanol–water partition coefficient (Wildman–Crippen LogP) is 3.93. The largest absolute Gasteiger partial charge is 0.508 e. The molecule has 3 N–H and O–H groups in total. The van der Waals surface area contributed by atoms with Crippen molar-refractivity contribution in [1.82, 2.24) is 10.2 Å². The molecule has 32 heavy (non-hydrogen) atoms. The van der Waals surface area contributed by atoms with Gasteiger partial charge in [-0.05, 0) is 62.0 Å². The molecular formula is C25H38N2O5. The molecule has 1 saturated carbocycles. The average molecular weight is 447 g/mol. The fourth-order valence-corrected chi connectivity index (χ4v) is 4.72. The number of esters is 1. The van der Waals surface area contributed by atoms with Crippen LogP contribution in [0.5, 0.6) is 11.5 Å². The van der Waals surface area contributed by atoms with Crippen LogP contribution in [-0.4, -0.2) is 58.3 Å². The molecule has 2 fully saturated rings. The van der Waals surface area contributed by atoms with E-state index >= 15 is 0 Å². The van der Waals surface area contributed by atoms with E-state index in [9.17, 15) is 19.8 Å². The van der Waals surface area contributed by atoms with Crippen LogP contribution in [0.1, 0.15) is 88.1 Å². The number of hydrogen-bond donors (Lipinski definition) is 3. The summed E-state index contributed by atoms with van der Waals surface area (Å²) in [4.78, 5) is 27.6. The van der Waals surface area contributed by atoms with Gasteiger partial charge in [0.05, 0.1) is 5.56 Å². The summed E-state index contributed by atoms with van der Waals surface area (Å²) in [5, 5.41) is 23.8. The molecule has 2 unspecified atom stereocenters. The fourth-order valence-electron chi connectivity index (χ4n) is 4.72. The number of carbonyl (C=O) groups is 2. The van der Waals surface area contributed by atoms with E-state index in [4.69, 9.17) is 4.74 Å². The van der Waals surface area contributed by atoms with Crippen molar-refractivity contribution in [2.45, 2.75) is 90.3 Å². The fraction of sp³-hybridized carbons (Fsp3) is 0.680. The third-order valence-corrected chi connectivity index (χ3v) is 6.49. The molecule has 2 aliphatic rings. The Labute approximate surface area is 191 Å². The third-order valence-electron chi connectivity index (χ3n) is 6.49. The van der Waals surface area contributed by atoms with Gasteiger partial charge in [-0.3, -0.25) is 14.9 Å². The molecule has 7 nitrogen and oxygen atoms in total. The molecule has 1 amide bonds. The van der Waals surface area contributed by atoms with Crippen molar-refractivity contribution in [2.24, 2.45) is 5.92 Å². The highest BCUT2D eigenvalue weighted by atomic mass is 16.5. The normalized spacial score (nSPS) is 20.3. The first kappa shape index (κ1) is 24.4. The first-order chi connectivity index (χ1) is 15.2. The Morgan fingerprint density at radius 3 is 2.41 bits per heavy atom. The minimum atomic E-state index is -0.384. The number of hydrogen-bond acceptors (Lipinski definition) is 6. The molecule has 1 heterocycles. The van der Waals surface area contributed by atoms with E-state index in [0.717, 1.165) is 32.1 Å². The second-order valence-corrected chi connectivity index (χ2v) is 10.0. The van der Waals surface area contributed by atoms with Gasteiger partial charge in [0.25, 0.3) is 5.91 Å². The first-order valence-corrected chi connectivity index (χ1v) is 12.0. The second kappa shape index (κ2) is 10.6. The number of aromatic hydroxyl groups is 2. The lowest BCUT2D eigenvalue weighted by Gasteiger charge is -2.25. The van der Waals surface area contributed by atoms with Crippen LogP contribution in [0.15, 0.2) is 12.1 Å². The van der Waals surface area contributed by atoms with Crippen LogP contribution in [0.2, 0.25) is 0 Å². The van der Waals surface area contributed by atoms with Gasteiger partial charge in [-0.2, -0.15) is 0 Å². The Morgan fingerprint density at radius 1 is 1.09 bits per heavy atom. The van der Waals surface area contributed by atoms with Crippen LogP contribution in [-0.2, 0) is 9.53 Å². The smallest absolute Gasteiger partial charge is 0.323 e. The Hall–Kier alpha value is -2.28. The SMILES string of the molecule is CC(C)CC(NC1CCN(C(=O)c2cc(C(C)C)c(O)cc2O)C1)C(=O)OC1CCCC1. The molecule has 3 rings (SSSR count). The minimum absolute atomic E-state index is 0.00711. The van der Waals surface area contributed by atoms with Crippen molar-refractivity contribution < 1.29 is 24.5 Å². The predicted molar refractivity (Wildman–Crippen MR) is 123 cm³/mol. The summed E-state index contributed by atoms with van der Waals surface area (Å²) < 4.78 is 5.75. The number of nitrogens with zero attached hydrogens (tertiary/aromatic N) is 1. The van der Waals surface area contributed by atoms with Crippen molar-refractivity contribution in [3.8, 4) is 11.5 Å². The lowest BCUT2D eigenvalue weighted by atomic mass is 9.98. The Bertz CT molecular complexity index is 817. The number of nitrogens with one attached hydrogen (secondary N) is 1. The maximum Gasteiger partial charge on any atom is 0.323 e. The molecule has 1 aliphatic heterocycles. The number of benzene rings is 1. The lowest BCUT2D eigenvalue weighted by Crippen LogP contribution is -2.47. The molecule has 2 atom stereocenters. The molecular weight excluding hydrogens is 408 g/mol. The van der Waals surface area contributed by atoms with Gasteiger partial charge in [-0.15, -0.1) is 0 Å². The number of likely N-dealkylation sites (tertiary alicyclic amines) is 1. The van der Waals surface area contributed by atoms with Gasteiger partial charge >= 0.3 is 5.97 Å². The summed E-state index contributed by atoms with van der Waals surface area (Å²) in [6.07, 6.45) is 5.57. The quantitative estimate of drug-likeness (QED) is 0.524. The summed E-state index contributed by atoms with van der Waals surface area (Å²) in [6.45, 7) is 9.02. The molecule has 1 aromatic rings. The molecule has 0 spiro atoms. The zero-order chi connectivity index (χ0) is 23.4. The zero-order valence-corrected chi connectivity index (χ0v) is 19.8. The summed E-state index contributed by atoms with van der Waals surface area (Å²) in [5.41, 5.74) is 0.832. The van der Waals surface area contributed by atoms with E-state index in [2.05, 4.69) is 19.2 Å². The molecule has 178 valence electrons. The van der Waals surface area contributed by atoms with Gasteiger partial charge in [-0.1, -0.05) is 27.7 Å². The van der Waals surface area contributed by atoms with E-state index in [1.807, 2.05) is 13.8 Å². The maximum absolute atomic E-state index is 13.1. The number of phenols is 2. The van der Waals surface area contributed by atoms with E-state index in [0.29, 0.717) is 31.0 Å². The minimum Gasteiger partial charge on any atom is -0.508 e. The van der Waals surface area contributed by atoms with E-state index in [1.165, 1.54) is 6.07 Å². The summed E-state index contributed by atoms with van der Waals surface area (Å²) in [6, 6.07) is 2.43. The molecule has 7 heteroatoms. The van der Waals surface area contributed by atoms with Gasteiger partial charge in [0.2, 0.25) is 0 Å². The van der Waals surface area contributed by atoms with Gasteiger partial charge in [0, 0.05) is 25.2 Å². The molecule has 0 radical (unpaired) electrons. The van der Waals surface area contributed by atoms with Crippen LogP contribution >= 0.6 is 0 Å². The first-order valence-electron chi connectivity index (χ1n) is 12.0. The molecule has 1 aromatic carbocycles. The van der Waals surface area contributed by atoms with Crippen molar-refractivity contribution in [3.63, 3.8) is 0 Å². The van der Waals surface area contributed by atoms with Gasteiger partial charge in [0.1, 0.15) is 23.6 Å². The van der Waals surface area contributed by atoms with Crippen LogP contribution < -0.4 is 5.32 Å². The van der Waals surface area contributed by atoms with E-state index < -0.39 is 0 Å². The van der Waals surface area contributed by atoms with Crippen LogP contribution in [0.3, 0.4) is 0 Å². The summed E-state index contributed by atoms with van der Waals surface area (Å²) >= 11 is 0. The molecule has 0 bridgehead atoms. The number of carbonyl (C=O) groups excluding carboxylic acids is 2. The summed E-state index contributed by atoms with van der Waals surface area (Å²) in [7, 11) is 0. The Balaban J connectivity index is 1.64. The van der Waals surface area contributed by atoms with E-state index in [-0.39, 0.29) is 53.0 Å². The van der Waals surface area contributed by atoms with Crippen molar-refractivity contribution >= 4 is 11.9 Å². The zero-order valence-electron chi connectivity index (χ0n) is 19.8. The highest BCUT2D eigenvalue weighted by molar-refractivity contribution is 5.97. The van der Waals surface area contributed by atoms with Crippen molar-refractivity contribution in [1.29, 1.82) is 0 Å². The summed E-state index contributed by atoms with van der Waals surface area (Å²) in [5.74, 6) is -0.307. The average Bonchev–Trinajstić information content (AvgIpc) is 3.38. The topological polar surface area (TPSA) is 99.1 Å². The van der Waals surface area contributed by atoms with Crippen LogP contribution in [0, 0.1) is 5.92 Å². The maximum atomic E-state index is 13.1. The monoisotopic (exact) mass is 446 g/mol. The van der Waals surface area contributed by atoms with Gasteiger partial charge in [0.15, 0.2) is 0 Å². The van der Waals surface area contributed by atoms with Crippen molar-refractivity contribution in [2.75, 3.05) is 13.1 Å². The molecule has 1 aliphatic carbocycles. The van der Waals surface area contributed by atoms with Crippen LogP contribution in [0.25, 0.3) is 0 Å². The standard InChI is InChI=1S/C25H38N2O5/c1-15(2)11-21(25(31)32-18-7-5-6-8-18)26-17-9-10-27(14-17)24(30)20-12-19(16(3)4)22(28)13-23(20)29/h12-13,15-18,21,26,28-29H,5-11,14H2,1-4H3. The van der Waals surface area contributed by atoms with E-state index in [1.54, 1.807) is 11.0 Å². The molecule has 1 saturated heterocycles. The highest BCUT2D eigenvalue weighted by Crippen LogP contribution is 2.33. The Morgan fingerprint density at radius 2 is 1.78 bits per heavy atom. The second-order valence-electron chi connectivity index (χ2n) is 10.0. The van der Waals surface area contributed by atoms with Crippen LogP contribution in [0.4, 0.5) is 0 Å². The third kappa shape index (κ3) is 5.94. The highest BCUT2D eigenvalue weighted by Gasteiger charge is 2.33. The number of rotatable bonds is 8. The number of phenolic OH excluding ortho intramolecular Hbond substituents is 2. The molecule has 0 aromatic heterocycles.